The summed E-state index contributed by atoms with van der Waals surface area (Å²) in [4.78, 5) is 37.0. The van der Waals surface area contributed by atoms with Crippen LogP contribution in [-0.2, 0) is 19.1 Å². The fourth-order valence-corrected chi connectivity index (χ4v) is 2.92. The smallest absolute Gasteiger partial charge is 0.330 e. The highest BCUT2D eigenvalue weighted by atomic mass is 16.5. The molecule has 1 aromatic carbocycles. The van der Waals surface area contributed by atoms with Gasteiger partial charge in [-0.15, -0.1) is 0 Å². The van der Waals surface area contributed by atoms with E-state index in [-0.39, 0.29) is 6.54 Å². The number of nitrogens with zero attached hydrogens (tertiary/aromatic N) is 1. The standard InChI is InChI=1S/C18H22N2O5/c1-20-15(12-8-4-3-5-9-12)14(16(22)18(20)24)17(23)19-11-7-6-10-13(21)25-2/h3-6,8-10,14-16,22H,7,11H2,1-2H3,(H,19,23)/b10-6+/t14-,15-,16-/m0/s1. The zero-order valence-corrected chi connectivity index (χ0v) is 14.2. The van der Waals surface area contributed by atoms with Gasteiger partial charge in [-0.25, -0.2) is 4.79 Å². The van der Waals surface area contributed by atoms with Crippen molar-refractivity contribution in [3.05, 3.63) is 48.0 Å². The number of aliphatic hydroxyl groups is 1. The van der Waals surface area contributed by atoms with Crippen LogP contribution in [0.1, 0.15) is 18.0 Å². The maximum atomic E-state index is 12.5. The highest BCUT2D eigenvalue weighted by molar-refractivity contribution is 5.93. The fourth-order valence-electron chi connectivity index (χ4n) is 2.92. The minimum Gasteiger partial charge on any atom is -0.466 e. The summed E-state index contributed by atoms with van der Waals surface area (Å²) in [5.41, 5.74) is 0.792. The lowest BCUT2D eigenvalue weighted by molar-refractivity contribution is -0.137. The van der Waals surface area contributed by atoms with Crippen LogP contribution in [0.3, 0.4) is 0 Å². The fraction of sp³-hybridized carbons (Fsp3) is 0.389. The van der Waals surface area contributed by atoms with Crippen molar-refractivity contribution in [2.24, 2.45) is 5.92 Å². The summed E-state index contributed by atoms with van der Waals surface area (Å²) < 4.78 is 4.47. The first-order valence-corrected chi connectivity index (χ1v) is 7.99. The zero-order chi connectivity index (χ0) is 18.4. The third kappa shape index (κ3) is 4.24. The Kier molecular flexibility index (Phi) is 6.30. The second-order valence-electron chi connectivity index (χ2n) is 5.78. The normalized spacial score (nSPS) is 23.1. The average Bonchev–Trinajstić information content (AvgIpc) is 2.85. The summed E-state index contributed by atoms with van der Waals surface area (Å²) in [5.74, 6) is -2.22. The van der Waals surface area contributed by atoms with Gasteiger partial charge in [0.1, 0.15) is 6.10 Å². The number of benzene rings is 1. The molecular weight excluding hydrogens is 324 g/mol. The van der Waals surface area contributed by atoms with Crippen LogP contribution >= 0.6 is 0 Å². The first-order chi connectivity index (χ1) is 12.0. The van der Waals surface area contributed by atoms with Gasteiger partial charge in [-0.1, -0.05) is 36.4 Å². The van der Waals surface area contributed by atoms with E-state index in [0.717, 1.165) is 5.56 Å². The molecule has 1 heterocycles. The quantitative estimate of drug-likeness (QED) is 0.442. The molecule has 0 radical (unpaired) electrons. The first kappa shape index (κ1) is 18.7. The van der Waals surface area contributed by atoms with Gasteiger partial charge in [0, 0.05) is 19.7 Å². The van der Waals surface area contributed by atoms with Crippen molar-refractivity contribution < 1.29 is 24.2 Å². The third-order valence-electron chi connectivity index (χ3n) is 4.21. The molecular formula is C18H22N2O5. The molecule has 7 nitrogen and oxygen atoms in total. The number of hydrogen-bond acceptors (Lipinski definition) is 5. The number of amides is 2. The van der Waals surface area contributed by atoms with Crippen molar-refractivity contribution in [2.45, 2.75) is 18.6 Å². The predicted molar refractivity (Wildman–Crippen MR) is 90.2 cm³/mol. The van der Waals surface area contributed by atoms with Crippen molar-refractivity contribution in [1.82, 2.24) is 10.2 Å². The van der Waals surface area contributed by atoms with E-state index in [1.807, 2.05) is 30.3 Å². The van der Waals surface area contributed by atoms with Crippen LogP contribution in [-0.4, -0.2) is 54.6 Å². The summed E-state index contributed by atoms with van der Waals surface area (Å²) in [7, 11) is 2.86. The van der Waals surface area contributed by atoms with Crippen LogP contribution in [0, 0.1) is 5.92 Å². The number of aliphatic hydroxyl groups excluding tert-OH is 1. The van der Waals surface area contributed by atoms with Crippen LogP contribution in [0.15, 0.2) is 42.5 Å². The molecule has 1 aromatic rings. The van der Waals surface area contributed by atoms with Gasteiger partial charge in [0.15, 0.2) is 0 Å². The molecule has 0 aliphatic carbocycles. The number of carbonyl (C=O) groups excluding carboxylic acids is 3. The molecule has 0 aromatic heterocycles. The van der Waals surface area contributed by atoms with E-state index in [1.54, 1.807) is 13.1 Å². The Morgan fingerprint density at radius 2 is 2.00 bits per heavy atom. The van der Waals surface area contributed by atoms with Gasteiger partial charge in [0.25, 0.3) is 5.91 Å². The monoisotopic (exact) mass is 346 g/mol. The Bertz CT molecular complexity index is 659. The molecule has 1 aliphatic heterocycles. The van der Waals surface area contributed by atoms with E-state index in [4.69, 9.17) is 0 Å². The molecule has 2 amide bonds. The van der Waals surface area contributed by atoms with Crippen molar-refractivity contribution in [1.29, 1.82) is 0 Å². The summed E-state index contributed by atoms with van der Waals surface area (Å²) in [6.07, 6.45) is 1.92. The molecule has 2 N–H and O–H groups in total. The Morgan fingerprint density at radius 3 is 2.64 bits per heavy atom. The molecule has 1 saturated heterocycles. The number of nitrogens with one attached hydrogen (secondary N) is 1. The van der Waals surface area contributed by atoms with Crippen molar-refractivity contribution in [3.63, 3.8) is 0 Å². The Labute approximate surface area is 146 Å². The molecule has 25 heavy (non-hydrogen) atoms. The van der Waals surface area contributed by atoms with Crippen LogP contribution in [0.2, 0.25) is 0 Å². The Morgan fingerprint density at radius 1 is 1.32 bits per heavy atom. The predicted octanol–water partition coefficient (Wildman–Crippen LogP) is 0.412. The summed E-state index contributed by atoms with van der Waals surface area (Å²) in [6.45, 7) is 0.287. The van der Waals surface area contributed by atoms with E-state index >= 15 is 0 Å². The van der Waals surface area contributed by atoms with Crippen molar-refractivity contribution in [3.8, 4) is 0 Å². The van der Waals surface area contributed by atoms with Crippen molar-refractivity contribution in [2.75, 3.05) is 20.7 Å². The minimum atomic E-state index is -1.37. The maximum absolute atomic E-state index is 12.5. The van der Waals surface area contributed by atoms with Crippen LogP contribution in [0.4, 0.5) is 0 Å². The third-order valence-corrected chi connectivity index (χ3v) is 4.21. The molecule has 0 saturated carbocycles. The molecule has 1 fully saturated rings. The lowest BCUT2D eigenvalue weighted by Crippen LogP contribution is -2.39. The van der Waals surface area contributed by atoms with E-state index in [1.165, 1.54) is 18.1 Å². The molecule has 134 valence electrons. The SMILES string of the molecule is COC(=O)/C=C/CCNC(=O)[C@@H]1[C@H](O)C(=O)N(C)[C@H]1c1ccccc1. The molecule has 3 atom stereocenters. The van der Waals surface area contributed by atoms with Crippen LogP contribution in [0.5, 0.6) is 0 Å². The number of ether oxygens (including phenoxy) is 1. The molecule has 2 rings (SSSR count). The van der Waals surface area contributed by atoms with Crippen LogP contribution < -0.4 is 5.32 Å². The van der Waals surface area contributed by atoms with Gasteiger partial charge >= 0.3 is 5.97 Å². The highest BCUT2D eigenvalue weighted by Gasteiger charge is 2.49. The first-order valence-electron chi connectivity index (χ1n) is 7.99. The lowest BCUT2D eigenvalue weighted by atomic mass is 9.91. The summed E-state index contributed by atoms with van der Waals surface area (Å²) >= 11 is 0. The number of likely N-dealkylation sites (tertiary alicyclic amines) is 1. The summed E-state index contributed by atoms with van der Waals surface area (Å²) in [5, 5.41) is 12.9. The lowest BCUT2D eigenvalue weighted by Gasteiger charge is -2.24. The van der Waals surface area contributed by atoms with Crippen molar-refractivity contribution >= 4 is 17.8 Å². The molecule has 7 heteroatoms. The van der Waals surface area contributed by atoms with Gasteiger partial charge < -0.3 is 20.1 Å². The maximum Gasteiger partial charge on any atom is 0.330 e. The van der Waals surface area contributed by atoms with E-state index in [0.29, 0.717) is 6.42 Å². The van der Waals surface area contributed by atoms with Crippen LogP contribution in [0.25, 0.3) is 0 Å². The van der Waals surface area contributed by atoms with Gasteiger partial charge in [-0.05, 0) is 12.0 Å². The molecule has 1 aliphatic rings. The van der Waals surface area contributed by atoms with E-state index in [2.05, 4.69) is 10.1 Å². The van der Waals surface area contributed by atoms with E-state index in [9.17, 15) is 19.5 Å². The number of hydrogen-bond donors (Lipinski definition) is 2. The van der Waals surface area contributed by atoms with Gasteiger partial charge in [0.2, 0.25) is 5.91 Å². The minimum absolute atomic E-state index is 0.287. The summed E-state index contributed by atoms with van der Waals surface area (Å²) in [6, 6.07) is 8.63. The average molecular weight is 346 g/mol. The van der Waals surface area contributed by atoms with E-state index < -0.39 is 35.8 Å². The van der Waals surface area contributed by atoms with Gasteiger partial charge in [0.05, 0.1) is 19.1 Å². The number of methoxy groups -OCH3 is 1. The Hall–Kier alpha value is -2.67. The topological polar surface area (TPSA) is 95.9 Å². The highest BCUT2D eigenvalue weighted by Crippen LogP contribution is 2.37. The number of carbonyl (C=O) groups is 3. The second kappa shape index (κ2) is 8.43. The largest absolute Gasteiger partial charge is 0.466 e. The number of likely N-dealkylation sites (N-methyl/N-ethyl adjacent to an activating group) is 1. The molecule has 0 unspecified atom stereocenters. The zero-order valence-electron chi connectivity index (χ0n) is 14.2. The molecule has 0 spiro atoms. The Balaban J connectivity index is 2.04. The number of esters is 1. The number of rotatable bonds is 6. The van der Waals surface area contributed by atoms with Gasteiger partial charge in [-0.2, -0.15) is 0 Å². The second-order valence-corrected chi connectivity index (χ2v) is 5.78. The molecule has 0 bridgehead atoms. The van der Waals surface area contributed by atoms with Gasteiger partial charge in [-0.3, -0.25) is 9.59 Å².